The Morgan fingerprint density at radius 3 is 3.00 bits per heavy atom. The zero-order chi connectivity index (χ0) is 11.7. The van der Waals surface area contributed by atoms with E-state index in [0.717, 1.165) is 24.1 Å². The molecule has 0 aromatic carbocycles. The largest absolute Gasteiger partial charge is 0.332 e. The van der Waals surface area contributed by atoms with Gasteiger partial charge in [-0.15, -0.1) is 0 Å². The molecular formula is C10H15BrN4O. The summed E-state index contributed by atoms with van der Waals surface area (Å²) in [6, 6.07) is 0.225. The van der Waals surface area contributed by atoms with Crippen LogP contribution >= 0.6 is 15.9 Å². The van der Waals surface area contributed by atoms with Crippen LogP contribution < -0.4 is 5.32 Å². The molecule has 2 heterocycles. The van der Waals surface area contributed by atoms with Gasteiger partial charge in [0.1, 0.15) is 5.69 Å². The molecule has 1 N–H and O–H groups in total. The molecule has 1 fully saturated rings. The van der Waals surface area contributed by atoms with Crippen LogP contribution in [-0.2, 0) is 7.05 Å². The Balaban J connectivity index is 2.24. The first-order valence-electron chi connectivity index (χ1n) is 5.30. The molecule has 1 aromatic heterocycles. The normalized spacial score (nSPS) is 21.2. The molecule has 1 aliphatic heterocycles. The summed E-state index contributed by atoms with van der Waals surface area (Å²) in [6.07, 6.45) is 1.65. The Labute approximate surface area is 103 Å². The minimum absolute atomic E-state index is 0.0425. The number of hydrogen-bond acceptors (Lipinski definition) is 3. The van der Waals surface area contributed by atoms with Crippen LogP contribution in [0, 0.1) is 0 Å². The minimum atomic E-state index is 0.0425. The lowest BCUT2D eigenvalue weighted by Crippen LogP contribution is -2.52. The second kappa shape index (κ2) is 4.55. The van der Waals surface area contributed by atoms with Crippen LogP contribution in [0.15, 0.2) is 10.7 Å². The Kier molecular flexibility index (Phi) is 3.30. The number of nitrogens with zero attached hydrogens (tertiary/aromatic N) is 3. The molecule has 0 aliphatic carbocycles. The van der Waals surface area contributed by atoms with Gasteiger partial charge in [-0.25, -0.2) is 0 Å². The Bertz CT molecular complexity index is 384. The summed E-state index contributed by atoms with van der Waals surface area (Å²) < 4.78 is 2.37. The second-order valence-corrected chi connectivity index (χ2v) is 4.87. The zero-order valence-corrected chi connectivity index (χ0v) is 11.0. The molecule has 1 aliphatic rings. The van der Waals surface area contributed by atoms with E-state index in [2.05, 4.69) is 26.3 Å². The average Bonchev–Trinajstić information content (AvgIpc) is 2.58. The van der Waals surface area contributed by atoms with E-state index in [1.165, 1.54) is 0 Å². The third-order valence-corrected chi connectivity index (χ3v) is 3.44. The Hall–Kier alpha value is -0.880. The summed E-state index contributed by atoms with van der Waals surface area (Å²) in [7, 11) is 1.78. The van der Waals surface area contributed by atoms with E-state index in [1.807, 2.05) is 11.8 Å². The van der Waals surface area contributed by atoms with Crippen molar-refractivity contribution in [2.75, 3.05) is 19.6 Å². The molecule has 1 atom stereocenters. The summed E-state index contributed by atoms with van der Waals surface area (Å²) in [5, 5.41) is 7.33. The molecular weight excluding hydrogens is 272 g/mol. The van der Waals surface area contributed by atoms with Crippen molar-refractivity contribution in [1.82, 2.24) is 20.0 Å². The predicted molar refractivity (Wildman–Crippen MR) is 64.3 cm³/mol. The highest BCUT2D eigenvalue weighted by atomic mass is 79.9. The van der Waals surface area contributed by atoms with Crippen LogP contribution in [-0.4, -0.2) is 46.3 Å². The maximum Gasteiger partial charge on any atom is 0.273 e. The lowest BCUT2D eigenvalue weighted by atomic mass is 10.2. The summed E-state index contributed by atoms with van der Waals surface area (Å²) in [5.74, 6) is 0.0425. The number of amides is 1. The number of aryl methyl sites for hydroxylation is 1. The number of nitrogens with one attached hydrogen (secondary N) is 1. The Morgan fingerprint density at radius 2 is 2.44 bits per heavy atom. The molecule has 2 rings (SSSR count). The van der Waals surface area contributed by atoms with Crippen molar-refractivity contribution in [3.8, 4) is 0 Å². The fourth-order valence-electron chi connectivity index (χ4n) is 1.93. The van der Waals surface area contributed by atoms with Crippen molar-refractivity contribution in [3.05, 3.63) is 16.4 Å². The van der Waals surface area contributed by atoms with Crippen LogP contribution in [0.5, 0.6) is 0 Å². The first kappa shape index (κ1) is 11.6. The van der Waals surface area contributed by atoms with Gasteiger partial charge in [-0.05, 0) is 22.9 Å². The van der Waals surface area contributed by atoms with Gasteiger partial charge < -0.3 is 10.2 Å². The van der Waals surface area contributed by atoms with Crippen molar-refractivity contribution in [2.24, 2.45) is 7.05 Å². The monoisotopic (exact) mass is 286 g/mol. The van der Waals surface area contributed by atoms with Crippen LogP contribution in [0.25, 0.3) is 0 Å². The third-order valence-electron chi connectivity index (χ3n) is 2.86. The number of carbonyl (C=O) groups excluding carboxylic acids is 1. The molecule has 5 nitrogen and oxygen atoms in total. The molecule has 0 saturated carbocycles. The number of hydrogen-bond donors (Lipinski definition) is 1. The topological polar surface area (TPSA) is 50.2 Å². The molecule has 6 heteroatoms. The van der Waals surface area contributed by atoms with Crippen LogP contribution in [0.2, 0.25) is 0 Å². The smallest absolute Gasteiger partial charge is 0.273 e. The zero-order valence-electron chi connectivity index (χ0n) is 9.40. The summed E-state index contributed by atoms with van der Waals surface area (Å²) in [4.78, 5) is 14.2. The molecule has 1 saturated heterocycles. The molecule has 0 bridgehead atoms. The molecule has 1 aromatic rings. The lowest BCUT2D eigenvalue weighted by Gasteiger charge is -2.33. The summed E-state index contributed by atoms with van der Waals surface area (Å²) >= 11 is 3.36. The van der Waals surface area contributed by atoms with Gasteiger partial charge in [0, 0.05) is 32.7 Å². The quantitative estimate of drug-likeness (QED) is 0.823. The number of halogens is 1. The standard InChI is InChI=1S/C10H15BrN4O/c1-7-5-12-3-4-15(7)10(16)9-8(11)6-13-14(9)2/h6-7,12H,3-5H2,1-2H3/t7-/m0/s1. The van der Waals surface area contributed by atoms with Gasteiger partial charge in [0.15, 0.2) is 0 Å². The number of piperazine rings is 1. The van der Waals surface area contributed by atoms with Crippen molar-refractivity contribution in [2.45, 2.75) is 13.0 Å². The molecule has 0 unspecified atom stereocenters. The van der Waals surface area contributed by atoms with Gasteiger partial charge in [0.25, 0.3) is 5.91 Å². The van der Waals surface area contributed by atoms with Crippen LogP contribution in [0.1, 0.15) is 17.4 Å². The first-order chi connectivity index (χ1) is 7.61. The molecule has 0 radical (unpaired) electrons. The first-order valence-corrected chi connectivity index (χ1v) is 6.09. The lowest BCUT2D eigenvalue weighted by molar-refractivity contribution is 0.0643. The minimum Gasteiger partial charge on any atom is -0.332 e. The van der Waals surface area contributed by atoms with E-state index in [4.69, 9.17) is 0 Å². The van der Waals surface area contributed by atoms with Crippen molar-refractivity contribution < 1.29 is 4.79 Å². The van der Waals surface area contributed by atoms with Crippen LogP contribution in [0.4, 0.5) is 0 Å². The highest BCUT2D eigenvalue weighted by Gasteiger charge is 2.27. The fraction of sp³-hybridized carbons (Fsp3) is 0.600. The Morgan fingerprint density at radius 1 is 1.69 bits per heavy atom. The van der Waals surface area contributed by atoms with Crippen molar-refractivity contribution in [1.29, 1.82) is 0 Å². The SMILES string of the molecule is C[C@H]1CNCCN1C(=O)c1c(Br)cnn1C. The van der Waals surface area contributed by atoms with Gasteiger partial charge in [0.05, 0.1) is 10.7 Å². The van der Waals surface area contributed by atoms with E-state index < -0.39 is 0 Å². The van der Waals surface area contributed by atoms with Crippen LogP contribution in [0.3, 0.4) is 0 Å². The van der Waals surface area contributed by atoms with E-state index in [-0.39, 0.29) is 11.9 Å². The number of carbonyl (C=O) groups is 1. The maximum absolute atomic E-state index is 12.3. The molecule has 88 valence electrons. The van der Waals surface area contributed by atoms with E-state index in [9.17, 15) is 4.79 Å². The van der Waals surface area contributed by atoms with Gasteiger partial charge in [-0.2, -0.15) is 5.10 Å². The van der Waals surface area contributed by atoms with Gasteiger partial charge in [-0.1, -0.05) is 0 Å². The van der Waals surface area contributed by atoms with Crippen molar-refractivity contribution in [3.63, 3.8) is 0 Å². The molecule has 0 spiro atoms. The molecule has 1 amide bonds. The second-order valence-electron chi connectivity index (χ2n) is 4.02. The third kappa shape index (κ3) is 1.99. The fourth-order valence-corrected chi connectivity index (χ4v) is 2.45. The highest BCUT2D eigenvalue weighted by Crippen LogP contribution is 2.18. The van der Waals surface area contributed by atoms with E-state index in [0.29, 0.717) is 5.69 Å². The number of rotatable bonds is 1. The highest BCUT2D eigenvalue weighted by molar-refractivity contribution is 9.10. The average molecular weight is 287 g/mol. The van der Waals surface area contributed by atoms with Crippen molar-refractivity contribution >= 4 is 21.8 Å². The van der Waals surface area contributed by atoms with Gasteiger partial charge in [-0.3, -0.25) is 9.48 Å². The summed E-state index contributed by atoms with van der Waals surface area (Å²) in [5.41, 5.74) is 0.619. The van der Waals surface area contributed by atoms with Gasteiger partial charge in [0.2, 0.25) is 0 Å². The maximum atomic E-state index is 12.3. The predicted octanol–water partition coefficient (Wildman–Crippen LogP) is 0.616. The van der Waals surface area contributed by atoms with E-state index in [1.54, 1.807) is 17.9 Å². The van der Waals surface area contributed by atoms with E-state index >= 15 is 0 Å². The summed E-state index contributed by atoms with van der Waals surface area (Å²) in [6.45, 7) is 4.50. The molecule has 16 heavy (non-hydrogen) atoms. The number of aromatic nitrogens is 2. The van der Waals surface area contributed by atoms with Gasteiger partial charge >= 0.3 is 0 Å².